The zero-order valence-corrected chi connectivity index (χ0v) is 12.3. The highest BCUT2D eigenvalue weighted by atomic mass is 16.4. The van der Waals surface area contributed by atoms with Gasteiger partial charge in [0.05, 0.1) is 0 Å². The topological polar surface area (TPSA) is 60.9 Å². The monoisotopic (exact) mass is 268 g/mol. The standard InChI is InChI=1S/C14H24N2O3/c1-10(2)9-15-5-7-16(8-6-15)13(17)11(3)12(4)14(18)19/h10H,5-9H2,1-4H3,(H,18,19)/b12-11-. The van der Waals surface area contributed by atoms with Gasteiger partial charge in [0.1, 0.15) is 0 Å². The number of carboxylic acid groups (broad SMARTS) is 1. The number of nitrogens with zero attached hydrogens (tertiary/aromatic N) is 2. The smallest absolute Gasteiger partial charge is 0.331 e. The van der Waals surface area contributed by atoms with E-state index in [-0.39, 0.29) is 11.5 Å². The zero-order valence-electron chi connectivity index (χ0n) is 12.3. The number of amides is 1. The Morgan fingerprint density at radius 3 is 2.00 bits per heavy atom. The third-order valence-corrected chi connectivity index (χ3v) is 3.49. The van der Waals surface area contributed by atoms with E-state index < -0.39 is 5.97 Å². The maximum atomic E-state index is 12.2. The molecule has 0 aliphatic carbocycles. The van der Waals surface area contributed by atoms with Crippen molar-refractivity contribution in [2.75, 3.05) is 32.7 Å². The molecule has 108 valence electrons. The molecular weight excluding hydrogens is 244 g/mol. The lowest BCUT2D eigenvalue weighted by Gasteiger charge is -2.35. The second kappa shape index (κ2) is 6.70. The van der Waals surface area contributed by atoms with Gasteiger partial charge in [0.25, 0.3) is 0 Å². The number of rotatable bonds is 4. The van der Waals surface area contributed by atoms with Crippen LogP contribution in [0.5, 0.6) is 0 Å². The van der Waals surface area contributed by atoms with Gasteiger partial charge in [-0.2, -0.15) is 0 Å². The van der Waals surface area contributed by atoms with E-state index in [1.54, 1.807) is 11.8 Å². The minimum absolute atomic E-state index is 0.134. The van der Waals surface area contributed by atoms with Crippen LogP contribution in [0.4, 0.5) is 0 Å². The van der Waals surface area contributed by atoms with E-state index >= 15 is 0 Å². The molecule has 0 bridgehead atoms. The van der Waals surface area contributed by atoms with Crippen LogP contribution < -0.4 is 0 Å². The largest absolute Gasteiger partial charge is 0.478 e. The van der Waals surface area contributed by atoms with Crippen LogP contribution in [0, 0.1) is 5.92 Å². The van der Waals surface area contributed by atoms with E-state index in [0.29, 0.717) is 24.6 Å². The number of carbonyl (C=O) groups is 2. The number of hydrogen-bond donors (Lipinski definition) is 1. The van der Waals surface area contributed by atoms with Crippen LogP contribution in [0.1, 0.15) is 27.7 Å². The molecule has 5 heteroatoms. The maximum Gasteiger partial charge on any atom is 0.331 e. The SMILES string of the molecule is C/C(C(=O)O)=C(\C)C(=O)N1CCN(CC(C)C)CC1. The Bertz CT molecular complexity index is 380. The van der Waals surface area contributed by atoms with Crippen LogP contribution in [0.3, 0.4) is 0 Å². The number of piperazine rings is 1. The first-order valence-corrected chi connectivity index (χ1v) is 6.75. The Kier molecular flexibility index (Phi) is 5.54. The predicted octanol–water partition coefficient (Wildman–Crippen LogP) is 1.21. The highest BCUT2D eigenvalue weighted by molar-refractivity contribution is 6.01. The molecule has 0 saturated carbocycles. The number of aliphatic carboxylic acids is 1. The van der Waals surface area contributed by atoms with Crippen molar-refractivity contribution in [3.63, 3.8) is 0 Å². The third-order valence-electron chi connectivity index (χ3n) is 3.49. The summed E-state index contributed by atoms with van der Waals surface area (Å²) < 4.78 is 0. The van der Waals surface area contributed by atoms with E-state index in [4.69, 9.17) is 5.11 Å². The fraction of sp³-hybridized carbons (Fsp3) is 0.714. The average Bonchev–Trinajstić information content (AvgIpc) is 2.36. The minimum Gasteiger partial charge on any atom is -0.478 e. The molecule has 1 aliphatic heterocycles. The molecule has 1 rings (SSSR count). The Balaban J connectivity index is 2.58. The fourth-order valence-corrected chi connectivity index (χ4v) is 2.21. The van der Waals surface area contributed by atoms with Gasteiger partial charge in [0.2, 0.25) is 5.91 Å². The van der Waals surface area contributed by atoms with Crippen molar-refractivity contribution in [1.29, 1.82) is 0 Å². The van der Waals surface area contributed by atoms with Crippen molar-refractivity contribution in [3.8, 4) is 0 Å². The van der Waals surface area contributed by atoms with E-state index in [1.807, 2.05) is 0 Å². The fourth-order valence-electron chi connectivity index (χ4n) is 2.21. The molecule has 1 aliphatic rings. The van der Waals surface area contributed by atoms with Crippen LogP contribution >= 0.6 is 0 Å². The van der Waals surface area contributed by atoms with Crippen molar-refractivity contribution < 1.29 is 14.7 Å². The Morgan fingerprint density at radius 2 is 1.58 bits per heavy atom. The van der Waals surface area contributed by atoms with Crippen molar-refractivity contribution in [1.82, 2.24) is 9.80 Å². The lowest BCUT2D eigenvalue weighted by molar-refractivity contribution is -0.134. The summed E-state index contributed by atoms with van der Waals surface area (Å²) in [4.78, 5) is 27.1. The predicted molar refractivity (Wildman–Crippen MR) is 73.9 cm³/mol. The molecule has 0 aromatic carbocycles. The lowest BCUT2D eigenvalue weighted by atomic mass is 10.1. The van der Waals surface area contributed by atoms with Gasteiger partial charge in [-0.15, -0.1) is 0 Å². The van der Waals surface area contributed by atoms with Crippen LogP contribution in [0.2, 0.25) is 0 Å². The van der Waals surface area contributed by atoms with Gasteiger partial charge in [-0.05, 0) is 19.8 Å². The van der Waals surface area contributed by atoms with Crippen LogP contribution in [-0.2, 0) is 9.59 Å². The Hall–Kier alpha value is -1.36. The molecule has 0 radical (unpaired) electrons. The molecule has 19 heavy (non-hydrogen) atoms. The highest BCUT2D eigenvalue weighted by Crippen LogP contribution is 2.11. The molecule has 0 unspecified atom stereocenters. The van der Waals surface area contributed by atoms with Crippen molar-refractivity contribution in [2.24, 2.45) is 5.92 Å². The summed E-state index contributed by atoms with van der Waals surface area (Å²) in [5.74, 6) is -0.550. The Labute approximate surface area is 114 Å². The van der Waals surface area contributed by atoms with Crippen LogP contribution in [-0.4, -0.2) is 59.5 Å². The summed E-state index contributed by atoms with van der Waals surface area (Å²) in [6.45, 7) is 11.6. The summed E-state index contributed by atoms with van der Waals surface area (Å²) in [6.07, 6.45) is 0. The Morgan fingerprint density at radius 1 is 1.05 bits per heavy atom. The first kappa shape index (κ1) is 15.7. The number of carbonyl (C=O) groups excluding carboxylic acids is 1. The molecule has 0 spiro atoms. The summed E-state index contributed by atoms with van der Waals surface area (Å²) in [5.41, 5.74) is 0.472. The molecule has 0 atom stereocenters. The van der Waals surface area contributed by atoms with E-state index in [0.717, 1.165) is 19.6 Å². The third kappa shape index (κ3) is 4.35. The zero-order chi connectivity index (χ0) is 14.6. The van der Waals surface area contributed by atoms with Crippen molar-refractivity contribution >= 4 is 11.9 Å². The van der Waals surface area contributed by atoms with Gasteiger partial charge in [0.15, 0.2) is 0 Å². The van der Waals surface area contributed by atoms with Gasteiger partial charge in [0, 0.05) is 43.9 Å². The van der Waals surface area contributed by atoms with Gasteiger partial charge in [-0.3, -0.25) is 9.69 Å². The minimum atomic E-state index is -1.02. The van der Waals surface area contributed by atoms with E-state index in [9.17, 15) is 9.59 Å². The molecule has 0 aromatic heterocycles. The van der Waals surface area contributed by atoms with Gasteiger partial charge < -0.3 is 10.0 Å². The van der Waals surface area contributed by atoms with Crippen LogP contribution in [0.25, 0.3) is 0 Å². The normalized spacial score (nSPS) is 18.5. The quantitative estimate of drug-likeness (QED) is 0.779. The summed E-state index contributed by atoms with van der Waals surface area (Å²) >= 11 is 0. The van der Waals surface area contributed by atoms with Gasteiger partial charge in [-0.1, -0.05) is 13.8 Å². The number of carboxylic acids is 1. The summed E-state index contributed by atoms with van der Waals surface area (Å²) in [6, 6.07) is 0. The molecule has 5 nitrogen and oxygen atoms in total. The molecule has 1 heterocycles. The lowest BCUT2D eigenvalue weighted by Crippen LogP contribution is -2.49. The maximum absolute atomic E-state index is 12.2. The summed E-state index contributed by atoms with van der Waals surface area (Å²) in [7, 11) is 0. The number of hydrogen-bond acceptors (Lipinski definition) is 3. The molecule has 1 fully saturated rings. The molecule has 0 aromatic rings. The molecular formula is C14H24N2O3. The van der Waals surface area contributed by atoms with Crippen LogP contribution in [0.15, 0.2) is 11.1 Å². The first-order chi connectivity index (χ1) is 8.82. The van der Waals surface area contributed by atoms with Crippen molar-refractivity contribution in [3.05, 3.63) is 11.1 Å². The average molecular weight is 268 g/mol. The van der Waals surface area contributed by atoms with E-state index in [2.05, 4.69) is 18.7 Å². The van der Waals surface area contributed by atoms with Gasteiger partial charge in [-0.25, -0.2) is 4.79 Å². The second-order valence-electron chi connectivity index (χ2n) is 5.54. The van der Waals surface area contributed by atoms with Crippen molar-refractivity contribution in [2.45, 2.75) is 27.7 Å². The highest BCUT2D eigenvalue weighted by Gasteiger charge is 2.24. The van der Waals surface area contributed by atoms with Gasteiger partial charge >= 0.3 is 5.97 Å². The molecule has 1 amide bonds. The first-order valence-electron chi connectivity index (χ1n) is 6.75. The van der Waals surface area contributed by atoms with E-state index in [1.165, 1.54) is 6.92 Å². The molecule has 1 saturated heterocycles. The second-order valence-corrected chi connectivity index (χ2v) is 5.54. The summed E-state index contributed by atoms with van der Waals surface area (Å²) in [5, 5.41) is 8.90. The molecule has 1 N–H and O–H groups in total.